The molecule has 114 valence electrons. The summed E-state index contributed by atoms with van der Waals surface area (Å²) in [4.78, 5) is 9.44. The van der Waals surface area contributed by atoms with Crippen LogP contribution in [0.4, 0.5) is 0 Å². The highest BCUT2D eigenvalue weighted by Gasteiger charge is 2.29. The minimum Gasteiger partial charge on any atom is -0.310 e. The third-order valence-corrected chi connectivity index (χ3v) is 5.72. The number of aromatic nitrogens is 3. The largest absolute Gasteiger partial charge is 0.310 e. The molecule has 5 heteroatoms. The lowest BCUT2D eigenvalue weighted by atomic mass is 10.2. The van der Waals surface area contributed by atoms with Gasteiger partial charge in [-0.15, -0.1) is 11.6 Å². The van der Waals surface area contributed by atoms with E-state index in [2.05, 4.69) is 35.2 Å². The lowest BCUT2D eigenvalue weighted by Crippen LogP contribution is -2.11. The summed E-state index contributed by atoms with van der Waals surface area (Å²) in [6, 6.07) is 2.57. The molecule has 0 saturated heterocycles. The van der Waals surface area contributed by atoms with Gasteiger partial charge in [-0.05, 0) is 43.6 Å². The molecule has 2 aromatic rings. The number of hydrogen-bond acceptors (Lipinski definition) is 3. The molecule has 0 aliphatic heterocycles. The molecule has 1 aliphatic carbocycles. The average Bonchev–Trinajstić information content (AvgIpc) is 3.05. The molecule has 0 bridgehead atoms. The highest BCUT2D eigenvalue weighted by atomic mass is 35.5. The second kappa shape index (κ2) is 6.57. The molecular weight excluding hydrogens is 302 g/mol. The Hall–Kier alpha value is -0.740. The van der Waals surface area contributed by atoms with Crippen molar-refractivity contribution in [3.63, 3.8) is 0 Å². The lowest BCUT2D eigenvalue weighted by Gasteiger charge is -2.16. The number of aryl methyl sites for hydroxylation is 2. The van der Waals surface area contributed by atoms with E-state index in [0.29, 0.717) is 11.9 Å². The van der Waals surface area contributed by atoms with Crippen molar-refractivity contribution in [3.8, 4) is 0 Å². The molecule has 0 radical (unpaired) electrons. The molecule has 2 aromatic heterocycles. The molecule has 1 aliphatic rings. The Balaban J connectivity index is 2.00. The minimum atomic E-state index is 0.534. The van der Waals surface area contributed by atoms with Crippen LogP contribution < -0.4 is 0 Å². The monoisotopic (exact) mass is 323 g/mol. The van der Waals surface area contributed by atoms with Crippen LogP contribution in [0.5, 0.6) is 0 Å². The number of halogens is 1. The van der Waals surface area contributed by atoms with Crippen LogP contribution in [0.1, 0.15) is 43.6 Å². The number of imidazole rings is 1. The van der Waals surface area contributed by atoms with Crippen molar-refractivity contribution in [1.82, 2.24) is 14.5 Å². The van der Waals surface area contributed by atoms with Crippen molar-refractivity contribution in [1.29, 1.82) is 0 Å². The number of thioether (sulfide) groups is 1. The van der Waals surface area contributed by atoms with Gasteiger partial charge in [-0.1, -0.05) is 6.92 Å². The molecule has 3 rings (SSSR count). The van der Waals surface area contributed by atoms with Crippen molar-refractivity contribution in [3.05, 3.63) is 23.7 Å². The Kier molecular flexibility index (Phi) is 4.75. The number of nitrogens with zero attached hydrogens (tertiary/aromatic N) is 3. The third kappa shape index (κ3) is 2.93. The summed E-state index contributed by atoms with van der Waals surface area (Å²) in [6.07, 6.45) is 6.48. The van der Waals surface area contributed by atoms with E-state index in [4.69, 9.17) is 16.6 Å². The summed E-state index contributed by atoms with van der Waals surface area (Å²) in [5, 5.41) is 0.783. The zero-order valence-electron chi connectivity index (χ0n) is 12.7. The SMILES string of the molecule is CCSC1CCC(n2c(CCCl)nc3c(C)ccnc32)C1. The highest BCUT2D eigenvalue weighted by Crippen LogP contribution is 2.39. The predicted molar refractivity (Wildman–Crippen MR) is 91.5 cm³/mol. The van der Waals surface area contributed by atoms with Crippen LogP contribution >= 0.6 is 23.4 Å². The van der Waals surface area contributed by atoms with E-state index in [1.54, 1.807) is 0 Å². The molecule has 2 heterocycles. The normalized spacial score (nSPS) is 22.2. The summed E-state index contributed by atoms with van der Waals surface area (Å²) < 4.78 is 2.38. The third-order valence-electron chi connectivity index (χ3n) is 4.30. The number of rotatable bonds is 5. The van der Waals surface area contributed by atoms with E-state index < -0.39 is 0 Å². The van der Waals surface area contributed by atoms with Crippen LogP contribution in [-0.2, 0) is 6.42 Å². The van der Waals surface area contributed by atoms with Gasteiger partial charge < -0.3 is 4.57 Å². The maximum atomic E-state index is 5.98. The Morgan fingerprint density at radius 2 is 2.29 bits per heavy atom. The Bertz CT molecular complexity index is 625. The molecular formula is C16H22ClN3S. The van der Waals surface area contributed by atoms with Crippen molar-refractivity contribution < 1.29 is 0 Å². The Labute approximate surface area is 135 Å². The van der Waals surface area contributed by atoms with E-state index in [1.165, 1.54) is 30.6 Å². The van der Waals surface area contributed by atoms with E-state index in [-0.39, 0.29) is 0 Å². The average molecular weight is 324 g/mol. The van der Waals surface area contributed by atoms with Crippen molar-refractivity contribution in [2.75, 3.05) is 11.6 Å². The molecule has 2 atom stereocenters. The van der Waals surface area contributed by atoms with Gasteiger partial charge in [0.25, 0.3) is 0 Å². The van der Waals surface area contributed by atoms with E-state index in [1.807, 2.05) is 12.3 Å². The van der Waals surface area contributed by atoms with Gasteiger partial charge in [0.2, 0.25) is 0 Å². The van der Waals surface area contributed by atoms with Gasteiger partial charge in [-0.2, -0.15) is 11.8 Å². The smallest absolute Gasteiger partial charge is 0.160 e. The first-order valence-electron chi connectivity index (χ1n) is 7.74. The zero-order chi connectivity index (χ0) is 14.8. The van der Waals surface area contributed by atoms with Crippen LogP contribution in [0.3, 0.4) is 0 Å². The second-order valence-electron chi connectivity index (χ2n) is 5.68. The Morgan fingerprint density at radius 1 is 1.43 bits per heavy atom. The maximum Gasteiger partial charge on any atom is 0.160 e. The van der Waals surface area contributed by atoms with Crippen molar-refractivity contribution >= 4 is 34.5 Å². The number of pyridine rings is 1. The second-order valence-corrected chi connectivity index (χ2v) is 7.64. The summed E-state index contributed by atoms with van der Waals surface area (Å²) in [7, 11) is 0. The highest BCUT2D eigenvalue weighted by molar-refractivity contribution is 7.99. The quantitative estimate of drug-likeness (QED) is 0.766. The zero-order valence-corrected chi connectivity index (χ0v) is 14.3. The van der Waals surface area contributed by atoms with Gasteiger partial charge >= 0.3 is 0 Å². The molecule has 0 aromatic carbocycles. The summed E-state index contributed by atoms with van der Waals surface area (Å²) >= 11 is 8.07. The molecule has 3 nitrogen and oxygen atoms in total. The first-order chi connectivity index (χ1) is 10.2. The first-order valence-corrected chi connectivity index (χ1v) is 9.33. The van der Waals surface area contributed by atoms with Gasteiger partial charge in [-0.3, -0.25) is 0 Å². The number of hydrogen-bond donors (Lipinski definition) is 0. The summed E-state index contributed by atoms with van der Waals surface area (Å²) in [5.41, 5.74) is 3.29. The van der Waals surface area contributed by atoms with Crippen LogP contribution in [0, 0.1) is 6.92 Å². The summed E-state index contributed by atoms with van der Waals surface area (Å²) in [6.45, 7) is 4.35. The first kappa shape index (κ1) is 15.2. The molecule has 1 saturated carbocycles. The standard InChI is InChI=1S/C16H22ClN3S/c1-3-21-13-5-4-12(10-13)20-14(6-8-17)19-15-11(2)7-9-18-16(15)20/h7,9,12-13H,3-6,8,10H2,1-2H3. The maximum absolute atomic E-state index is 5.98. The van der Waals surface area contributed by atoms with Crippen LogP contribution in [0.15, 0.2) is 12.3 Å². The van der Waals surface area contributed by atoms with Crippen LogP contribution in [-0.4, -0.2) is 31.4 Å². The van der Waals surface area contributed by atoms with Gasteiger partial charge in [0.05, 0.1) is 0 Å². The molecule has 0 amide bonds. The van der Waals surface area contributed by atoms with Gasteiger partial charge in [-0.25, -0.2) is 9.97 Å². The van der Waals surface area contributed by atoms with E-state index >= 15 is 0 Å². The minimum absolute atomic E-state index is 0.534. The topological polar surface area (TPSA) is 30.7 Å². The van der Waals surface area contributed by atoms with Gasteiger partial charge in [0.1, 0.15) is 11.3 Å². The lowest BCUT2D eigenvalue weighted by molar-refractivity contribution is 0.511. The van der Waals surface area contributed by atoms with Crippen LogP contribution in [0.2, 0.25) is 0 Å². The van der Waals surface area contributed by atoms with Gasteiger partial charge in [0.15, 0.2) is 5.65 Å². The molecule has 0 N–H and O–H groups in total. The van der Waals surface area contributed by atoms with E-state index in [0.717, 1.165) is 28.7 Å². The Morgan fingerprint density at radius 3 is 3.05 bits per heavy atom. The fraction of sp³-hybridized carbons (Fsp3) is 0.625. The van der Waals surface area contributed by atoms with Crippen molar-refractivity contribution in [2.45, 2.75) is 50.8 Å². The molecule has 0 spiro atoms. The summed E-state index contributed by atoms with van der Waals surface area (Å²) in [5.74, 6) is 2.92. The number of fused-ring (bicyclic) bond motifs is 1. The van der Waals surface area contributed by atoms with Gasteiger partial charge in [0, 0.05) is 29.8 Å². The number of alkyl halides is 1. The molecule has 21 heavy (non-hydrogen) atoms. The molecule has 1 fully saturated rings. The fourth-order valence-corrected chi connectivity index (χ4v) is 4.64. The molecule has 2 unspecified atom stereocenters. The predicted octanol–water partition coefficient (Wildman–Crippen LogP) is 4.37. The fourth-order valence-electron chi connectivity index (χ4n) is 3.34. The van der Waals surface area contributed by atoms with E-state index in [9.17, 15) is 0 Å². The van der Waals surface area contributed by atoms with Crippen LogP contribution in [0.25, 0.3) is 11.2 Å². The van der Waals surface area contributed by atoms with Crippen molar-refractivity contribution in [2.24, 2.45) is 0 Å².